The third-order valence-electron chi connectivity index (χ3n) is 2.94. The minimum Gasteiger partial charge on any atom is -0.454 e. The van der Waals surface area contributed by atoms with E-state index in [9.17, 15) is 4.79 Å². The molecule has 6 nitrogen and oxygen atoms in total. The molecule has 23 heavy (non-hydrogen) atoms. The lowest BCUT2D eigenvalue weighted by Crippen LogP contribution is -2.36. The van der Waals surface area contributed by atoms with Gasteiger partial charge in [0.05, 0.1) is 13.1 Å². The number of benzene rings is 1. The largest absolute Gasteiger partial charge is 0.454 e. The molecule has 0 aliphatic heterocycles. The number of hydrogen-bond acceptors (Lipinski definition) is 3. The molecule has 0 saturated heterocycles. The Morgan fingerprint density at radius 3 is 2.52 bits per heavy atom. The first kappa shape index (κ1) is 19.0. The molecule has 124 valence electrons. The lowest BCUT2D eigenvalue weighted by Gasteiger charge is -2.10. The van der Waals surface area contributed by atoms with Crippen molar-refractivity contribution in [2.45, 2.75) is 20.0 Å². The first-order valence-corrected chi connectivity index (χ1v) is 7.13. The minimum absolute atomic E-state index is 0. The van der Waals surface area contributed by atoms with Gasteiger partial charge in [-0.25, -0.2) is 4.99 Å². The fraction of sp³-hybridized carbons (Fsp3) is 0.250. The van der Waals surface area contributed by atoms with Gasteiger partial charge in [0.15, 0.2) is 11.7 Å². The third-order valence-corrected chi connectivity index (χ3v) is 2.94. The van der Waals surface area contributed by atoms with Crippen molar-refractivity contribution in [1.29, 1.82) is 0 Å². The molecule has 1 aromatic heterocycles. The Hall–Kier alpha value is -2.03. The maximum absolute atomic E-state index is 11.0. The zero-order valence-electron chi connectivity index (χ0n) is 12.9. The number of nitrogens with one attached hydrogen (secondary N) is 2. The van der Waals surface area contributed by atoms with Crippen molar-refractivity contribution < 1.29 is 9.21 Å². The molecule has 0 unspecified atom stereocenters. The van der Waals surface area contributed by atoms with Gasteiger partial charge in [-0.15, -0.1) is 24.0 Å². The topological polar surface area (TPSA) is 92.6 Å². The van der Waals surface area contributed by atoms with E-state index in [0.717, 1.165) is 12.1 Å². The summed E-state index contributed by atoms with van der Waals surface area (Å²) in [6.07, 6.45) is 0. The van der Waals surface area contributed by atoms with E-state index in [-0.39, 0.29) is 29.7 Å². The van der Waals surface area contributed by atoms with Crippen LogP contribution in [0.2, 0.25) is 0 Å². The number of aliphatic imine (C=N–C) groups is 1. The van der Waals surface area contributed by atoms with Crippen LogP contribution in [-0.2, 0) is 13.1 Å². The SMILES string of the molecule is CCNC(=NCc1ccccc1)NCc1ccc(C(N)=O)o1.I. The van der Waals surface area contributed by atoms with Crippen LogP contribution in [0, 0.1) is 0 Å². The highest BCUT2D eigenvalue weighted by Gasteiger charge is 2.07. The minimum atomic E-state index is -0.573. The van der Waals surface area contributed by atoms with Crippen LogP contribution in [0.1, 0.15) is 28.8 Å². The number of nitrogens with two attached hydrogens (primary N) is 1. The predicted octanol–water partition coefficient (Wildman–Crippen LogP) is 2.25. The van der Waals surface area contributed by atoms with Crippen molar-refractivity contribution in [2.75, 3.05) is 6.54 Å². The number of furan rings is 1. The number of hydrogen-bond donors (Lipinski definition) is 3. The Kier molecular flexibility index (Phi) is 8.17. The molecular weight excluding hydrogens is 407 g/mol. The molecular formula is C16H21IN4O2. The van der Waals surface area contributed by atoms with Crippen molar-refractivity contribution >= 4 is 35.8 Å². The maximum Gasteiger partial charge on any atom is 0.284 e. The van der Waals surface area contributed by atoms with Gasteiger partial charge in [-0.1, -0.05) is 30.3 Å². The second-order valence-electron chi connectivity index (χ2n) is 4.66. The summed E-state index contributed by atoms with van der Waals surface area (Å²) >= 11 is 0. The van der Waals surface area contributed by atoms with Crippen LogP contribution >= 0.6 is 24.0 Å². The smallest absolute Gasteiger partial charge is 0.284 e. The summed E-state index contributed by atoms with van der Waals surface area (Å²) in [5.74, 6) is 0.890. The maximum atomic E-state index is 11.0. The number of carbonyl (C=O) groups is 1. The molecule has 2 rings (SSSR count). The quantitative estimate of drug-likeness (QED) is 0.374. The van der Waals surface area contributed by atoms with Gasteiger partial charge >= 0.3 is 0 Å². The molecule has 0 bridgehead atoms. The average molecular weight is 428 g/mol. The normalized spacial score (nSPS) is 10.7. The van der Waals surface area contributed by atoms with Crippen LogP contribution in [0.15, 0.2) is 51.9 Å². The number of guanidine groups is 1. The van der Waals surface area contributed by atoms with Gasteiger partial charge in [-0.3, -0.25) is 4.79 Å². The van der Waals surface area contributed by atoms with Crippen LogP contribution in [0.25, 0.3) is 0 Å². The molecule has 0 aliphatic rings. The Bertz CT molecular complexity index is 641. The molecule has 1 aromatic carbocycles. The summed E-state index contributed by atoms with van der Waals surface area (Å²) in [5, 5.41) is 6.31. The molecule has 1 heterocycles. The molecule has 0 fully saturated rings. The van der Waals surface area contributed by atoms with Gasteiger partial charge < -0.3 is 20.8 Å². The molecule has 0 spiro atoms. The Balaban J connectivity index is 0.00000264. The second kappa shape index (κ2) is 9.88. The molecule has 1 amide bonds. The molecule has 4 N–H and O–H groups in total. The van der Waals surface area contributed by atoms with Gasteiger partial charge in [-0.05, 0) is 24.6 Å². The Labute approximate surface area is 152 Å². The van der Waals surface area contributed by atoms with Gasteiger partial charge in [0.25, 0.3) is 5.91 Å². The fourth-order valence-electron chi connectivity index (χ4n) is 1.87. The fourth-order valence-corrected chi connectivity index (χ4v) is 1.87. The summed E-state index contributed by atoms with van der Waals surface area (Å²) in [5.41, 5.74) is 6.29. The van der Waals surface area contributed by atoms with Crippen LogP contribution < -0.4 is 16.4 Å². The van der Waals surface area contributed by atoms with Gasteiger partial charge in [0.2, 0.25) is 0 Å². The van der Waals surface area contributed by atoms with Crippen molar-refractivity contribution in [3.8, 4) is 0 Å². The summed E-state index contributed by atoms with van der Waals surface area (Å²) in [7, 11) is 0. The van der Waals surface area contributed by atoms with E-state index in [1.165, 1.54) is 0 Å². The number of amides is 1. The van der Waals surface area contributed by atoms with E-state index in [4.69, 9.17) is 10.2 Å². The second-order valence-corrected chi connectivity index (χ2v) is 4.66. The Morgan fingerprint density at radius 2 is 1.91 bits per heavy atom. The molecule has 0 aliphatic carbocycles. The molecule has 0 saturated carbocycles. The lowest BCUT2D eigenvalue weighted by atomic mass is 10.2. The summed E-state index contributed by atoms with van der Waals surface area (Å²) < 4.78 is 5.32. The zero-order chi connectivity index (χ0) is 15.8. The van der Waals surface area contributed by atoms with E-state index in [1.54, 1.807) is 12.1 Å². The number of primary amides is 1. The van der Waals surface area contributed by atoms with E-state index in [2.05, 4.69) is 15.6 Å². The van der Waals surface area contributed by atoms with Gasteiger partial charge in [-0.2, -0.15) is 0 Å². The van der Waals surface area contributed by atoms with Gasteiger partial charge in [0, 0.05) is 6.54 Å². The number of nitrogens with zero attached hydrogens (tertiary/aromatic N) is 1. The van der Waals surface area contributed by atoms with Crippen molar-refractivity contribution in [1.82, 2.24) is 10.6 Å². The Morgan fingerprint density at radius 1 is 1.17 bits per heavy atom. The number of halogens is 1. The predicted molar refractivity (Wildman–Crippen MR) is 101 cm³/mol. The van der Waals surface area contributed by atoms with Gasteiger partial charge in [0.1, 0.15) is 5.76 Å². The third kappa shape index (κ3) is 6.31. The number of rotatable bonds is 6. The first-order chi connectivity index (χ1) is 10.7. The van der Waals surface area contributed by atoms with Crippen molar-refractivity contribution in [2.24, 2.45) is 10.7 Å². The number of carbonyl (C=O) groups excluding carboxylic acids is 1. The summed E-state index contributed by atoms with van der Waals surface area (Å²) in [6.45, 7) is 3.76. The van der Waals surface area contributed by atoms with Crippen LogP contribution in [0.4, 0.5) is 0 Å². The zero-order valence-corrected chi connectivity index (χ0v) is 15.2. The highest BCUT2D eigenvalue weighted by molar-refractivity contribution is 14.0. The van der Waals surface area contributed by atoms with Crippen LogP contribution in [0.5, 0.6) is 0 Å². The lowest BCUT2D eigenvalue weighted by molar-refractivity contribution is 0.0972. The molecule has 0 radical (unpaired) electrons. The highest BCUT2D eigenvalue weighted by Crippen LogP contribution is 2.06. The standard InChI is InChI=1S/C16H20N4O2.HI/c1-2-18-16(19-10-12-6-4-3-5-7-12)20-11-13-8-9-14(22-13)15(17)21;/h3-9H,2,10-11H2,1H3,(H2,17,21)(H2,18,19,20);1H. The highest BCUT2D eigenvalue weighted by atomic mass is 127. The first-order valence-electron chi connectivity index (χ1n) is 7.13. The van der Waals surface area contributed by atoms with Crippen molar-refractivity contribution in [3.63, 3.8) is 0 Å². The van der Waals surface area contributed by atoms with Crippen LogP contribution in [-0.4, -0.2) is 18.4 Å². The van der Waals surface area contributed by atoms with E-state index >= 15 is 0 Å². The van der Waals surface area contributed by atoms with E-state index in [1.807, 2.05) is 37.3 Å². The van der Waals surface area contributed by atoms with E-state index < -0.39 is 5.91 Å². The summed E-state index contributed by atoms with van der Waals surface area (Å²) in [4.78, 5) is 15.5. The summed E-state index contributed by atoms with van der Waals surface area (Å²) in [6, 6.07) is 13.3. The van der Waals surface area contributed by atoms with Crippen molar-refractivity contribution in [3.05, 3.63) is 59.5 Å². The molecule has 2 aromatic rings. The van der Waals surface area contributed by atoms with Crippen LogP contribution in [0.3, 0.4) is 0 Å². The average Bonchev–Trinajstić information content (AvgIpc) is 3.00. The monoisotopic (exact) mass is 428 g/mol. The molecule has 7 heteroatoms. The van der Waals surface area contributed by atoms with E-state index in [0.29, 0.717) is 24.8 Å². The molecule has 0 atom stereocenters.